The quantitative estimate of drug-likeness (QED) is 0.597. The lowest BCUT2D eigenvalue weighted by molar-refractivity contribution is 0.687. The average molecular weight is 232 g/mol. The first-order chi connectivity index (χ1) is 9.60. The summed E-state index contributed by atoms with van der Waals surface area (Å²) in [4.78, 5) is 0. The third-order valence-corrected chi connectivity index (χ3v) is 2.88. The third-order valence-electron chi connectivity index (χ3n) is 2.88. The zero-order valence-corrected chi connectivity index (χ0v) is 9.10. The van der Waals surface area contributed by atoms with Crippen LogP contribution in [0.5, 0.6) is 0 Å². The maximum Gasteiger partial charge on any atom is 0.133 e. The van der Waals surface area contributed by atoms with E-state index in [2.05, 4.69) is 0 Å². The van der Waals surface area contributed by atoms with E-state index >= 15 is 0 Å². The summed E-state index contributed by atoms with van der Waals surface area (Å²) in [6.45, 7) is 0. The number of hydrogen-bond acceptors (Lipinski definition) is 4. The Bertz CT molecular complexity index is 753. The van der Waals surface area contributed by atoms with Crippen molar-refractivity contribution in [1.29, 1.82) is 21.0 Å². The summed E-state index contributed by atoms with van der Waals surface area (Å²) in [6.07, 6.45) is 3.19. The van der Waals surface area contributed by atoms with Crippen LogP contribution in [0.4, 0.5) is 0 Å². The molecular formula is C14H6N4. The van der Waals surface area contributed by atoms with Crippen molar-refractivity contribution in [2.75, 3.05) is 0 Å². The number of rotatable bonds is 0. The van der Waals surface area contributed by atoms with E-state index in [0.717, 1.165) is 0 Å². The lowest BCUT2D eigenvalue weighted by Gasteiger charge is -2.11. The van der Waals surface area contributed by atoms with Crippen molar-refractivity contribution in [2.45, 2.75) is 0 Å². The molecule has 2 atom stereocenters. The average Bonchev–Trinajstić information content (AvgIpc) is 2.97. The van der Waals surface area contributed by atoms with Crippen LogP contribution >= 0.6 is 0 Å². The van der Waals surface area contributed by atoms with Crippen LogP contribution in [0.1, 0.15) is 2.74 Å². The van der Waals surface area contributed by atoms with Gasteiger partial charge in [-0.3, -0.25) is 0 Å². The van der Waals surface area contributed by atoms with Gasteiger partial charge in [0.25, 0.3) is 0 Å². The maximum absolute atomic E-state index is 8.94. The molecule has 0 bridgehead atoms. The van der Waals surface area contributed by atoms with E-state index in [1.54, 1.807) is 36.4 Å². The van der Waals surface area contributed by atoms with Gasteiger partial charge >= 0.3 is 0 Å². The predicted octanol–water partition coefficient (Wildman–Crippen LogP) is 2.05. The van der Waals surface area contributed by atoms with Gasteiger partial charge in [0, 0.05) is 11.8 Å². The van der Waals surface area contributed by atoms with Crippen LogP contribution < -0.4 is 0 Å². The van der Waals surface area contributed by atoms with Gasteiger partial charge in [-0.25, -0.2) is 0 Å². The number of nitriles is 4. The highest BCUT2D eigenvalue weighted by atomic mass is 14.4. The van der Waals surface area contributed by atoms with Crippen LogP contribution in [0, 0.1) is 57.2 Å². The van der Waals surface area contributed by atoms with Crippen molar-refractivity contribution in [3.05, 3.63) is 46.5 Å². The summed E-state index contributed by atoms with van der Waals surface area (Å²) in [5.74, 6) is -1.11. The van der Waals surface area contributed by atoms with Crippen LogP contribution in [-0.4, -0.2) is 0 Å². The van der Waals surface area contributed by atoms with Gasteiger partial charge in [-0.1, -0.05) is 24.3 Å². The molecule has 4 nitrogen and oxygen atoms in total. The zero-order valence-electron chi connectivity index (χ0n) is 11.1. The number of hydrogen-bond donors (Lipinski definition) is 0. The normalized spacial score (nSPS) is 25.3. The Morgan fingerprint density at radius 2 is 1.50 bits per heavy atom. The largest absolute Gasteiger partial charge is 0.192 e. The molecule has 0 aromatic carbocycles. The van der Waals surface area contributed by atoms with Crippen LogP contribution in [0.25, 0.3) is 0 Å². The second-order valence-electron chi connectivity index (χ2n) is 3.70. The van der Waals surface area contributed by atoms with Gasteiger partial charge in [0.05, 0.1) is 2.74 Å². The molecule has 0 saturated heterocycles. The summed E-state index contributed by atoms with van der Waals surface area (Å²) in [7, 11) is 0. The molecule has 2 aliphatic carbocycles. The molecule has 4 heteroatoms. The molecule has 2 aliphatic rings. The summed E-state index contributed by atoms with van der Waals surface area (Å²) in [5.41, 5.74) is 0.267. The molecule has 0 amide bonds. The number of fused-ring (bicyclic) bond motifs is 1. The Labute approximate surface area is 107 Å². The predicted molar refractivity (Wildman–Crippen MR) is 61.8 cm³/mol. The third kappa shape index (κ3) is 1.51. The fourth-order valence-corrected chi connectivity index (χ4v) is 2.05. The van der Waals surface area contributed by atoms with E-state index in [-0.39, 0.29) is 28.8 Å². The van der Waals surface area contributed by atoms with Crippen molar-refractivity contribution in [3.8, 4) is 24.3 Å². The van der Waals surface area contributed by atoms with Crippen molar-refractivity contribution < 1.29 is 2.74 Å². The molecule has 0 fully saturated rings. The molecule has 18 heavy (non-hydrogen) atoms. The SMILES string of the molecule is [2H]C1=C([2H])[C@H]2C(=C(C#N)C#N)C=C[C@H]2C1=C(C#N)C#N. The fraction of sp³-hybridized carbons (Fsp3) is 0.143. The van der Waals surface area contributed by atoms with E-state index in [1.807, 2.05) is 0 Å². The minimum atomic E-state index is -0.622. The lowest BCUT2D eigenvalue weighted by Crippen LogP contribution is -2.05. The Kier molecular flexibility index (Phi) is 2.21. The first-order valence-electron chi connectivity index (χ1n) is 6.05. The first kappa shape index (κ1) is 9.00. The van der Waals surface area contributed by atoms with Crippen LogP contribution in [0.15, 0.2) is 46.5 Å². The molecule has 82 valence electrons. The molecular weight excluding hydrogens is 224 g/mol. The molecule has 0 spiro atoms. The molecule has 0 radical (unpaired) electrons. The van der Waals surface area contributed by atoms with Crippen LogP contribution in [0.3, 0.4) is 0 Å². The summed E-state index contributed by atoms with van der Waals surface area (Å²) < 4.78 is 15.8. The summed E-state index contributed by atoms with van der Waals surface area (Å²) in [5, 5.41) is 35.7. The fourth-order valence-electron chi connectivity index (χ4n) is 2.05. The van der Waals surface area contributed by atoms with E-state index in [9.17, 15) is 0 Å². The van der Waals surface area contributed by atoms with Gasteiger partial charge in [0.15, 0.2) is 0 Å². The topological polar surface area (TPSA) is 95.2 Å². The van der Waals surface area contributed by atoms with Crippen molar-refractivity contribution in [3.63, 3.8) is 0 Å². The van der Waals surface area contributed by atoms with Crippen molar-refractivity contribution >= 4 is 0 Å². The highest BCUT2D eigenvalue weighted by molar-refractivity contribution is 5.58. The molecule has 0 saturated carbocycles. The molecule has 0 aliphatic heterocycles. The highest BCUT2D eigenvalue weighted by Crippen LogP contribution is 2.43. The van der Waals surface area contributed by atoms with Crippen molar-refractivity contribution in [2.24, 2.45) is 11.8 Å². The zero-order chi connectivity index (χ0) is 14.9. The summed E-state index contributed by atoms with van der Waals surface area (Å²) >= 11 is 0. The molecule has 2 rings (SSSR count). The lowest BCUT2D eigenvalue weighted by atomic mass is 9.89. The second kappa shape index (κ2) is 4.42. The van der Waals surface area contributed by atoms with Gasteiger partial charge in [0.2, 0.25) is 0 Å². The van der Waals surface area contributed by atoms with Crippen LogP contribution in [0.2, 0.25) is 0 Å². The standard InChI is InChI=1S/C14H6N4/c15-5-9(6-16)11-1-3-13-12(2-4-14(11)13)10(7-17)8-18/h1-4,13-14H/t13-,14-/m0/s1/i1D,3D. The monoisotopic (exact) mass is 232 g/mol. The van der Waals surface area contributed by atoms with Crippen molar-refractivity contribution in [1.82, 2.24) is 0 Å². The Balaban J connectivity index is 2.69. The minimum Gasteiger partial charge on any atom is -0.192 e. The van der Waals surface area contributed by atoms with Gasteiger partial charge in [-0.2, -0.15) is 21.0 Å². The Morgan fingerprint density at radius 1 is 0.944 bits per heavy atom. The second-order valence-corrected chi connectivity index (χ2v) is 3.70. The highest BCUT2D eigenvalue weighted by Gasteiger charge is 2.34. The molecule has 0 aromatic rings. The van der Waals surface area contributed by atoms with E-state index in [0.29, 0.717) is 5.57 Å². The van der Waals surface area contributed by atoms with Gasteiger partial charge in [-0.15, -0.1) is 0 Å². The van der Waals surface area contributed by atoms with Gasteiger partial charge in [0.1, 0.15) is 35.4 Å². The van der Waals surface area contributed by atoms with E-state index in [4.69, 9.17) is 23.8 Å². The smallest absolute Gasteiger partial charge is 0.133 e. The summed E-state index contributed by atoms with van der Waals surface area (Å²) in [6, 6.07) is 6.75. The molecule has 0 aromatic heterocycles. The maximum atomic E-state index is 8.94. The van der Waals surface area contributed by atoms with E-state index in [1.165, 1.54) is 0 Å². The molecule has 0 unspecified atom stereocenters. The first-order valence-corrected chi connectivity index (χ1v) is 5.05. The Hall–Kier alpha value is -3.08. The van der Waals surface area contributed by atoms with E-state index < -0.39 is 11.8 Å². The Morgan fingerprint density at radius 3 is 2.06 bits per heavy atom. The minimum absolute atomic E-state index is 0.0731. The van der Waals surface area contributed by atoms with Gasteiger partial charge in [-0.05, 0) is 11.1 Å². The molecule has 0 heterocycles. The number of nitrogens with zero attached hydrogens (tertiary/aromatic N) is 4. The molecule has 0 N–H and O–H groups in total. The number of allylic oxidation sites excluding steroid dienone is 8. The van der Waals surface area contributed by atoms with Gasteiger partial charge < -0.3 is 0 Å². The van der Waals surface area contributed by atoms with Crippen LogP contribution in [-0.2, 0) is 0 Å².